The van der Waals surface area contributed by atoms with Crippen molar-refractivity contribution in [2.24, 2.45) is 0 Å². The summed E-state index contributed by atoms with van der Waals surface area (Å²) < 4.78 is 2.11. The van der Waals surface area contributed by atoms with Crippen LogP contribution in [0.3, 0.4) is 0 Å². The Morgan fingerprint density at radius 2 is 1.94 bits per heavy atom. The molecule has 0 saturated heterocycles. The summed E-state index contributed by atoms with van der Waals surface area (Å²) >= 11 is 6.87. The van der Waals surface area contributed by atoms with Crippen molar-refractivity contribution in [2.45, 2.75) is 13.5 Å². The molecule has 1 aromatic heterocycles. The summed E-state index contributed by atoms with van der Waals surface area (Å²) in [6, 6.07) is 8.27. The second-order valence-corrected chi connectivity index (χ2v) is 5.66. The fraction of sp³-hybridized carbons (Fsp3) is 0.154. The third-order valence-corrected chi connectivity index (χ3v) is 3.36. The number of aromatic nitrogens is 1. The lowest BCUT2D eigenvalue weighted by Gasteiger charge is -2.09. The summed E-state index contributed by atoms with van der Waals surface area (Å²) in [4.78, 5) is 4.14. The van der Waals surface area contributed by atoms with E-state index in [2.05, 4.69) is 67.3 Å². The van der Waals surface area contributed by atoms with Crippen molar-refractivity contribution in [3.05, 3.63) is 56.7 Å². The first kappa shape index (κ1) is 12.6. The number of rotatable bonds is 3. The molecule has 0 aliphatic rings. The highest BCUT2D eigenvalue weighted by Gasteiger charge is 1.99. The van der Waals surface area contributed by atoms with Crippen LogP contribution in [0.5, 0.6) is 0 Å². The van der Waals surface area contributed by atoms with Crippen molar-refractivity contribution in [1.82, 2.24) is 4.98 Å². The smallest absolute Gasteiger partial charge is 0.0416 e. The van der Waals surface area contributed by atoms with E-state index in [0.717, 1.165) is 26.7 Å². The molecule has 2 rings (SSSR count). The van der Waals surface area contributed by atoms with E-state index in [1.54, 1.807) is 6.20 Å². The Labute approximate surface area is 118 Å². The molecular formula is C13H12Br2N2. The van der Waals surface area contributed by atoms with Crippen molar-refractivity contribution in [2.75, 3.05) is 5.32 Å². The number of pyridine rings is 1. The highest BCUT2D eigenvalue weighted by molar-refractivity contribution is 9.10. The van der Waals surface area contributed by atoms with E-state index < -0.39 is 0 Å². The highest BCUT2D eigenvalue weighted by atomic mass is 79.9. The van der Waals surface area contributed by atoms with E-state index in [9.17, 15) is 0 Å². The maximum atomic E-state index is 4.14. The number of nitrogens with one attached hydrogen (secondary N) is 1. The van der Waals surface area contributed by atoms with Crippen molar-refractivity contribution in [3.63, 3.8) is 0 Å². The van der Waals surface area contributed by atoms with Gasteiger partial charge in [0.25, 0.3) is 0 Å². The van der Waals surface area contributed by atoms with Crippen LogP contribution < -0.4 is 5.32 Å². The van der Waals surface area contributed by atoms with Gasteiger partial charge in [0.2, 0.25) is 0 Å². The SMILES string of the molecule is Cc1cc(Br)ccc1NCc1cncc(Br)c1. The first-order valence-electron chi connectivity index (χ1n) is 5.24. The molecule has 0 atom stereocenters. The van der Waals surface area contributed by atoms with Crippen LogP contribution in [0.2, 0.25) is 0 Å². The lowest BCUT2D eigenvalue weighted by molar-refractivity contribution is 1.10. The Hall–Kier alpha value is -0.870. The Balaban J connectivity index is 2.07. The molecule has 0 aliphatic heterocycles. The Morgan fingerprint density at radius 1 is 1.12 bits per heavy atom. The number of halogens is 2. The lowest BCUT2D eigenvalue weighted by atomic mass is 10.2. The van der Waals surface area contributed by atoms with Crippen LogP contribution in [0.25, 0.3) is 0 Å². The minimum absolute atomic E-state index is 0.773. The van der Waals surface area contributed by atoms with Gasteiger partial charge in [-0.15, -0.1) is 0 Å². The zero-order valence-corrected chi connectivity index (χ0v) is 12.5. The maximum absolute atomic E-state index is 4.14. The molecule has 1 aromatic carbocycles. The van der Waals surface area contributed by atoms with Crippen LogP contribution in [0.15, 0.2) is 45.6 Å². The predicted octanol–water partition coefficient (Wildman–Crippen LogP) is 4.53. The van der Waals surface area contributed by atoms with Gasteiger partial charge in [-0.1, -0.05) is 15.9 Å². The van der Waals surface area contributed by atoms with E-state index in [1.807, 2.05) is 12.3 Å². The molecule has 1 N–H and O–H groups in total. The minimum Gasteiger partial charge on any atom is -0.381 e. The fourth-order valence-electron chi connectivity index (χ4n) is 1.58. The summed E-state index contributed by atoms with van der Waals surface area (Å²) in [6.45, 7) is 2.86. The third kappa shape index (κ3) is 3.54. The average Bonchev–Trinajstić information content (AvgIpc) is 2.28. The topological polar surface area (TPSA) is 24.9 Å². The number of nitrogens with zero attached hydrogens (tertiary/aromatic N) is 1. The molecule has 0 bridgehead atoms. The van der Waals surface area contributed by atoms with Gasteiger partial charge in [0.15, 0.2) is 0 Å². The van der Waals surface area contributed by atoms with Gasteiger partial charge in [-0.25, -0.2) is 0 Å². The van der Waals surface area contributed by atoms with Crippen LogP contribution in [0.1, 0.15) is 11.1 Å². The van der Waals surface area contributed by atoms with Crippen molar-refractivity contribution < 1.29 is 0 Å². The molecule has 88 valence electrons. The normalized spacial score (nSPS) is 10.3. The second kappa shape index (κ2) is 5.65. The van der Waals surface area contributed by atoms with E-state index in [0.29, 0.717) is 0 Å². The summed E-state index contributed by atoms with van der Waals surface area (Å²) in [5.41, 5.74) is 3.53. The number of benzene rings is 1. The Bertz CT molecular complexity index is 527. The summed E-state index contributed by atoms with van der Waals surface area (Å²) in [7, 11) is 0. The number of anilines is 1. The summed E-state index contributed by atoms with van der Waals surface area (Å²) in [6.07, 6.45) is 3.65. The molecule has 4 heteroatoms. The van der Waals surface area contributed by atoms with Gasteiger partial charge >= 0.3 is 0 Å². The molecule has 0 aliphatic carbocycles. The molecule has 2 nitrogen and oxygen atoms in total. The van der Waals surface area contributed by atoms with Crippen LogP contribution in [-0.4, -0.2) is 4.98 Å². The molecule has 1 heterocycles. The fourth-order valence-corrected chi connectivity index (χ4v) is 2.46. The number of hydrogen-bond donors (Lipinski definition) is 1. The zero-order chi connectivity index (χ0) is 12.3. The highest BCUT2D eigenvalue weighted by Crippen LogP contribution is 2.20. The largest absolute Gasteiger partial charge is 0.381 e. The predicted molar refractivity (Wildman–Crippen MR) is 78.1 cm³/mol. The molecular weight excluding hydrogens is 344 g/mol. The number of aryl methyl sites for hydroxylation is 1. The lowest BCUT2D eigenvalue weighted by Crippen LogP contribution is -2.01. The third-order valence-electron chi connectivity index (χ3n) is 2.43. The van der Waals surface area contributed by atoms with E-state index >= 15 is 0 Å². The zero-order valence-electron chi connectivity index (χ0n) is 9.37. The molecule has 17 heavy (non-hydrogen) atoms. The van der Waals surface area contributed by atoms with Crippen molar-refractivity contribution in [3.8, 4) is 0 Å². The van der Waals surface area contributed by atoms with Gasteiger partial charge in [0.1, 0.15) is 0 Å². The molecule has 0 radical (unpaired) electrons. The number of hydrogen-bond acceptors (Lipinski definition) is 2. The van der Waals surface area contributed by atoms with Gasteiger partial charge < -0.3 is 5.32 Å². The van der Waals surface area contributed by atoms with Gasteiger partial charge in [-0.2, -0.15) is 0 Å². The molecule has 0 amide bonds. The van der Waals surface area contributed by atoms with E-state index in [-0.39, 0.29) is 0 Å². The average molecular weight is 356 g/mol. The first-order chi connectivity index (χ1) is 8.15. The first-order valence-corrected chi connectivity index (χ1v) is 6.83. The summed E-state index contributed by atoms with van der Waals surface area (Å²) in [5, 5.41) is 3.40. The summed E-state index contributed by atoms with van der Waals surface area (Å²) in [5.74, 6) is 0. The second-order valence-electron chi connectivity index (χ2n) is 3.82. The van der Waals surface area contributed by atoms with Gasteiger partial charge in [-0.05, 0) is 58.2 Å². The van der Waals surface area contributed by atoms with E-state index in [4.69, 9.17) is 0 Å². The van der Waals surface area contributed by atoms with Crippen LogP contribution >= 0.6 is 31.9 Å². The molecule has 0 spiro atoms. The van der Waals surface area contributed by atoms with Gasteiger partial charge in [-0.3, -0.25) is 4.98 Å². The Kier molecular flexibility index (Phi) is 4.18. The van der Waals surface area contributed by atoms with Crippen LogP contribution in [-0.2, 0) is 6.54 Å². The standard InChI is InChI=1S/C13H12Br2N2/c1-9-4-11(14)2-3-13(9)17-7-10-5-12(15)8-16-6-10/h2-6,8,17H,7H2,1H3. The minimum atomic E-state index is 0.773. The van der Waals surface area contributed by atoms with Crippen LogP contribution in [0, 0.1) is 6.92 Å². The van der Waals surface area contributed by atoms with Crippen molar-refractivity contribution >= 4 is 37.5 Å². The van der Waals surface area contributed by atoms with Gasteiger partial charge in [0.05, 0.1) is 0 Å². The monoisotopic (exact) mass is 354 g/mol. The quantitative estimate of drug-likeness (QED) is 0.875. The molecule has 2 aromatic rings. The Morgan fingerprint density at radius 3 is 2.65 bits per heavy atom. The molecule has 0 saturated carbocycles. The maximum Gasteiger partial charge on any atom is 0.0416 e. The van der Waals surface area contributed by atoms with Crippen LogP contribution in [0.4, 0.5) is 5.69 Å². The van der Waals surface area contributed by atoms with Crippen molar-refractivity contribution in [1.29, 1.82) is 0 Å². The molecule has 0 unspecified atom stereocenters. The van der Waals surface area contributed by atoms with E-state index in [1.165, 1.54) is 5.56 Å². The van der Waals surface area contributed by atoms with Gasteiger partial charge in [0, 0.05) is 33.6 Å². The molecule has 0 fully saturated rings.